The van der Waals surface area contributed by atoms with Gasteiger partial charge < -0.3 is 15.1 Å². The predicted octanol–water partition coefficient (Wildman–Crippen LogP) is 2.81. The summed E-state index contributed by atoms with van der Waals surface area (Å²) in [6.45, 7) is 4.04. The Bertz CT molecular complexity index is 942. The van der Waals surface area contributed by atoms with Crippen molar-refractivity contribution in [2.24, 2.45) is 7.05 Å². The van der Waals surface area contributed by atoms with Crippen molar-refractivity contribution in [3.05, 3.63) is 70.9 Å². The lowest BCUT2D eigenvalue weighted by Crippen LogP contribution is -2.25. The Morgan fingerprint density at radius 2 is 2.00 bits per heavy atom. The molecule has 2 aromatic heterocycles. The van der Waals surface area contributed by atoms with Gasteiger partial charge in [-0.3, -0.25) is 14.3 Å². The van der Waals surface area contributed by atoms with Gasteiger partial charge in [-0.2, -0.15) is 5.10 Å². The summed E-state index contributed by atoms with van der Waals surface area (Å²) in [7, 11) is 1.69. The van der Waals surface area contributed by atoms with Crippen LogP contribution in [-0.4, -0.2) is 21.6 Å². The zero-order valence-electron chi connectivity index (χ0n) is 14.9. The highest BCUT2D eigenvalue weighted by Crippen LogP contribution is 2.17. The van der Waals surface area contributed by atoms with Gasteiger partial charge in [0.2, 0.25) is 0 Å². The molecule has 2 N–H and O–H groups in total. The fourth-order valence-electron chi connectivity index (χ4n) is 2.58. The molecule has 0 aliphatic carbocycles. The Labute approximate surface area is 151 Å². The van der Waals surface area contributed by atoms with Gasteiger partial charge in [-0.15, -0.1) is 0 Å². The minimum atomic E-state index is -0.390. The van der Waals surface area contributed by atoms with Crippen molar-refractivity contribution in [1.82, 2.24) is 15.1 Å². The minimum Gasteiger partial charge on any atom is -0.467 e. The van der Waals surface area contributed by atoms with Crippen LogP contribution in [0.4, 0.5) is 5.69 Å². The molecule has 1 aromatic carbocycles. The zero-order valence-corrected chi connectivity index (χ0v) is 14.9. The molecule has 0 aliphatic rings. The highest BCUT2D eigenvalue weighted by atomic mass is 16.3. The summed E-state index contributed by atoms with van der Waals surface area (Å²) in [6, 6.07) is 9.17. The highest BCUT2D eigenvalue weighted by Gasteiger charge is 2.19. The number of benzene rings is 1. The van der Waals surface area contributed by atoms with Gasteiger partial charge >= 0.3 is 0 Å². The van der Waals surface area contributed by atoms with E-state index in [2.05, 4.69) is 15.7 Å². The number of hydrogen-bond donors (Lipinski definition) is 2. The molecule has 3 rings (SSSR count). The van der Waals surface area contributed by atoms with Gasteiger partial charge in [0.25, 0.3) is 11.8 Å². The van der Waals surface area contributed by atoms with E-state index < -0.39 is 5.91 Å². The number of carbonyl (C=O) groups excluding carboxylic acids is 2. The van der Waals surface area contributed by atoms with E-state index in [0.717, 1.165) is 11.1 Å². The summed E-state index contributed by atoms with van der Waals surface area (Å²) in [6.07, 6.45) is 3.14. The predicted molar refractivity (Wildman–Crippen MR) is 97.0 cm³/mol. The summed E-state index contributed by atoms with van der Waals surface area (Å²) in [5, 5.41) is 9.67. The number of carbonyl (C=O) groups is 2. The first-order chi connectivity index (χ1) is 12.4. The van der Waals surface area contributed by atoms with Crippen LogP contribution in [0.2, 0.25) is 0 Å². The molecule has 7 heteroatoms. The van der Waals surface area contributed by atoms with Crippen LogP contribution in [-0.2, 0) is 13.6 Å². The Morgan fingerprint density at radius 1 is 1.19 bits per heavy atom. The van der Waals surface area contributed by atoms with Gasteiger partial charge in [-0.1, -0.05) is 17.7 Å². The first-order valence-electron chi connectivity index (χ1n) is 8.17. The molecule has 0 fully saturated rings. The molecule has 2 heterocycles. The molecule has 2 amide bonds. The Balaban J connectivity index is 1.77. The molecule has 0 atom stereocenters. The van der Waals surface area contributed by atoms with Crippen LogP contribution in [0.3, 0.4) is 0 Å². The first-order valence-corrected chi connectivity index (χ1v) is 8.17. The summed E-state index contributed by atoms with van der Waals surface area (Å²) in [4.78, 5) is 25.1. The minimum absolute atomic E-state index is 0.151. The molecule has 7 nitrogen and oxygen atoms in total. The topological polar surface area (TPSA) is 89.2 Å². The molecular formula is C19H20N4O3. The summed E-state index contributed by atoms with van der Waals surface area (Å²) in [5.74, 6) is -0.0344. The SMILES string of the molecule is Cc1ccc(C)c(C(=O)Nc2cn(C)nc2C(=O)NCc2ccco2)c1. The maximum Gasteiger partial charge on any atom is 0.274 e. The van der Waals surface area contributed by atoms with Crippen LogP contribution >= 0.6 is 0 Å². The van der Waals surface area contributed by atoms with E-state index in [1.165, 1.54) is 10.9 Å². The third-order valence-electron chi connectivity index (χ3n) is 3.93. The number of amides is 2. The normalized spacial score (nSPS) is 10.6. The van der Waals surface area contributed by atoms with Crippen molar-refractivity contribution in [3.8, 4) is 0 Å². The molecular weight excluding hydrogens is 332 g/mol. The maximum absolute atomic E-state index is 12.6. The summed E-state index contributed by atoms with van der Waals surface area (Å²) >= 11 is 0. The number of furan rings is 1. The van der Waals surface area contributed by atoms with Crippen molar-refractivity contribution in [3.63, 3.8) is 0 Å². The lowest BCUT2D eigenvalue weighted by atomic mass is 10.1. The largest absolute Gasteiger partial charge is 0.467 e. The van der Waals surface area contributed by atoms with Gasteiger partial charge in [0.15, 0.2) is 5.69 Å². The molecule has 134 valence electrons. The van der Waals surface area contributed by atoms with Crippen molar-refractivity contribution in [2.75, 3.05) is 5.32 Å². The average molecular weight is 352 g/mol. The van der Waals surface area contributed by atoms with Crippen LogP contribution in [0, 0.1) is 13.8 Å². The maximum atomic E-state index is 12.6. The molecule has 0 spiro atoms. The summed E-state index contributed by atoms with van der Waals surface area (Å²) in [5.41, 5.74) is 2.92. The molecule has 0 unspecified atom stereocenters. The van der Waals surface area contributed by atoms with E-state index >= 15 is 0 Å². The second kappa shape index (κ2) is 7.26. The smallest absolute Gasteiger partial charge is 0.274 e. The zero-order chi connectivity index (χ0) is 18.7. The molecule has 26 heavy (non-hydrogen) atoms. The Kier molecular flexibility index (Phi) is 4.88. The van der Waals surface area contributed by atoms with Crippen LogP contribution in [0.1, 0.15) is 37.7 Å². The number of anilines is 1. The van der Waals surface area contributed by atoms with Crippen molar-refractivity contribution < 1.29 is 14.0 Å². The molecule has 0 aliphatic heterocycles. The van der Waals surface area contributed by atoms with Crippen LogP contribution < -0.4 is 10.6 Å². The lowest BCUT2D eigenvalue weighted by Gasteiger charge is -2.08. The third kappa shape index (κ3) is 3.83. The van der Waals surface area contributed by atoms with Crippen molar-refractivity contribution in [2.45, 2.75) is 20.4 Å². The van der Waals surface area contributed by atoms with E-state index in [-0.39, 0.29) is 18.1 Å². The van der Waals surface area contributed by atoms with Crippen molar-refractivity contribution >= 4 is 17.5 Å². The Hall–Kier alpha value is -3.35. The first kappa shape index (κ1) is 17.5. The van der Waals surface area contributed by atoms with Crippen LogP contribution in [0.25, 0.3) is 0 Å². The van der Waals surface area contributed by atoms with Crippen LogP contribution in [0.15, 0.2) is 47.2 Å². The molecule has 0 radical (unpaired) electrons. The fraction of sp³-hybridized carbons (Fsp3) is 0.211. The number of aromatic nitrogens is 2. The van der Waals surface area contributed by atoms with Gasteiger partial charge in [0.1, 0.15) is 5.76 Å². The van der Waals surface area contributed by atoms with Crippen molar-refractivity contribution in [1.29, 1.82) is 0 Å². The molecule has 0 saturated carbocycles. The number of hydrogen-bond acceptors (Lipinski definition) is 4. The quantitative estimate of drug-likeness (QED) is 0.739. The Morgan fingerprint density at radius 3 is 2.73 bits per heavy atom. The average Bonchev–Trinajstić information content (AvgIpc) is 3.24. The highest BCUT2D eigenvalue weighted by molar-refractivity contribution is 6.08. The molecule has 0 bridgehead atoms. The second-order valence-corrected chi connectivity index (χ2v) is 6.10. The van der Waals surface area contributed by atoms with E-state index in [0.29, 0.717) is 17.0 Å². The van der Waals surface area contributed by atoms with E-state index in [1.54, 1.807) is 25.4 Å². The number of nitrogens with zero attached hydrogens (tertiary/aromatic N) is 2. The van der Waals surface area contributed by atoms with Gasteiger partial charge in [0.05, 0.1) is 18.5 Å². The van der Waals surface area contributed by atoms with E-state index in [9.17, 15) is 9.59 Å². The lowest BCUT2D eigenvalue weighted by molar-refractivity contribution is 0.0943. The second-order valence-electron chi connectivity index (χ2n) is 6.10. The molecule has 0 saturated heterocycles. The van der Waals surface area contributed by atoms with E-state index in [4.69, 9.17) is 4.42 Å². The fourth-order valence-corrected chi connectivity index (χ4v) is 2.58. The number of rotatable bonds is 5. The van der Waals surface area contributed by atoms with Gasteiger partial charge in [-0.05, 0) is 37.6 Å². The van der Waals surface area contributed by atoms with Crippen LogP contribution in [0.5, 0.6) is 0 Å². The van der Waals surface area contributed by atoms with Gasteiger partial charge in [0, 0.05) is 18.8 Å². The van der Waals surface area contributed by atoms with Gasteiger partial charge in [-0.25, -0.2) is 0 Å². The summed E-state index contributed by atoms with van der Waals surface area (Å²) < 4.78 is 6.68. The molecule has 3 aromatic rings. The van der Waals surface area contributed by atoms with E-state index in [1.807, 2.05) is 32.0 Å². The standard InChI is InChI=1S/C19H20N4O3/c1-12-6-7-13(2)15(9-12)18(24)21-16-11-23(3)22-17(16)19(25)20-10-14-5-4-8-26-14/h4-9,11H,10H2,1-3H3,(H,20,25)(H,21,24). The number of nitrogens with one attached hydrogen (secondary N) is 2. The third-order valence-corrected chi connectivity index (χ3v) is 3.93. The number of aryl methyl sites for hydroxylation is 3. The monoisotopic (exact) mass is 352 g/mol.